The van der Waals surface area contributed by atoms with Crippen molar-refractivity contribution in [3.8, 4) is 5.75 Å². The molecule has 1 heterocycles. The fourth-order valence-electron chi connectivity index (χ4n) is 0.713. The minimum atomic E-state index is -4.74. The molecule has 0 aromatic carbocycles. The second kappa shape index (κ2) is 5.80. The summed E-state index contributed by atoms with van der Waals surface area (Å²) in [4.78, 5) is 3.60. The summed E-state index contributed by atoms with van der Waals surface area (Å²) in [6, 6.07) is 2.51. The van der Waals surface area contributed by atoms with Crippen molar-refractivity contribution in [2.45, 2.75) is 27.1 Å². The van der Waals surface area contributed by atoms with E-state index in [-0.39, 0.29) is 5.15 Å². The van der Waals surface area contributed by atoms with Crippen LogP contribution in [0.4, 0.5) is 13.2 Å². The number of ether oxygens (including phenoxy) is 1. The third kappa shape index (κ3) is 5.47. The molecule has 0 unspecified atom stereocenters. The SMILES string of the molecule is CC.Cc1ccc(OC(F)(F)F)c(Cl)n1. The van der Waals surface area contributed by atoms with Crippen LogP contribution in [0, 0.1) is 6.92 Å². The molecule has 15 heavy (non-hydrogen) atoms. The monoisotopic (exact) mass is 241 g/mol. The molecule has 0 N–H and O–H groups in total. The van der Waals surface area contributed by atoms with Gasteiger partial charge in [-0.05, 0) is 19.1 Å². The average Bonchev–Trinajstić information content (AvgIpc) is 2.12. The predicted octanol–water partition coefficient (Wildman–Crippen LogP) is 3.97. The summed E-state index contributed by atoms with van der Waals surface area (Å²) >= 11 is 5.40. The molecule has 6 heteroatoms. The van der Waals surface area contributed by atoms with E-state index < -0.39 is 12.1 Å². The van der Waals surface area contributed by atoms with Gasteiger partial charge in [0.15, 0.2) is 10.9 Å². The maximum absolute atomic E-state index is 11.7. The average molecular weight is 242 g/mol. The van der Waals surface area contributed by atoms with Crippen LogP contribution in [0.15, 0.2) is 12.1 Å². The molecular weight excluding hydrogens is 231 g/mol. The molecule has 0 radical (unpaired) electrons. The Morgan fingerprint density at radius 2 is 1.80 bits per heavy atom. The first-order valence-corrected chi connectivity index (χ1v) is 4.65. The quantitative estimate of drug-likeness (QED) is 0.694. The topological polar surface area (TPSA) is 22.1 Å². The van der Waals surface area contributed by atoms with Crippen molar-refractivity contribution in [1.29, 1.82) is 0 Å². The van der Waals surface area contributed by atoms with Gasteiger partial charge in [-0.3, -0.25) is 0 Å². The van der Waals surface area contributed by atoms with Crippen LogP contribution >= 0.6 is 11.6 Å². The van der Waals surface area contributed by atoms with Crippen molar-refractivity contribution < 1.29 is 17.9 Å². The highest BCUT2D eigenvalue weighted by Crippen LogP contribution is 2.28. The Morgan fingerprint density at radius 3 is 2.20 bits per heavy atom. The summed E-state index contributed by atoms with van der Waals surface area (Å²) in [6.07, 6.45) is -4.74. The first-order chi connectivity index (χ1) is 6.88. The van der Waals surface area contributed by atoms with Crippen LogP contribution < -0.4 is 4.74 Å². The van der Waals surface area contributed by atoms with Crippen molar-refractivity contribution in [3.05, 3.63) is 23.0 Å². The lowest BCUT2D eigenvalue weighted by Gasteiger charge is -2.09. The standard InChI is InChI=1S/C7H5ClF3NO.C2H6/c1-4-2-3-5(6(8)12-4)13-7(9,10)11;1-2/h2-3H,1H3;1-2H3. The lowest BCUT2D eigenvalue weighted by molar-refractivity contribution is -0.274. The van der Waals surface area contributed by atoms with E-state index in [2.05, 4.69) is 9.72 Å². The van der Waals surface area contributed by atoms with Gasteiger partial charge < -0.3 is 4.74 Å². The maximum Gasteiger partial charge on any atom is 0.573 e. The molecule has 0 aliphatic rings. The lowest BCUT2D eigenvalue weighted by atomic mass is 10.4. The zero-order valence-electron chi connectivity index (χ0n) is 8.52. The van der Waals surface area contributed by atoms with Gasteiger partial charge in [0.05, 0.1) is 0 Å². The Bertz CT molecular complexity index is 315. The van der Waals surface area contributed by atoms with E-state index in [1.54, 1.807) is 6.92 Å². The molecule has 1 aromatic rings. The van der Waals surface area contributed by atoms with Gasteiger partial charge in [-0.2, -0.15) is 0 Å². The van der Waals surface area contributed by atoms with Gasteiger partial charge in [-0.25, -0.2) is 4.98 Å². The second-order valence-electron chi connectivity index (χ2n) is 2.29. The highest BCUT2D eigenvalue weighted by Gasteiger charge is 2.32. The van der Waals surface area contributed by atoms with E-state index in [0.29, 0.717) is 5.69 Å². The Morgan fingerprint density at radius 1 is 1.27 bits per heavy atom. The largest absolute Gasteiger partial charge is 0.573 e. The van der Waals surface area contributed by atoms with Crippen molar-refractivity contribution >= 4 is 11.6 Å². The zero-order chi connectivity index (χ0) is 12.1. The van der Waals surface area contributed by atoms with Crippen LogP contribution in [0.25, 0.3) is 0 Å². The summed E-state index contributed by atoms with van der Waals surface area (Å²) in [5, 5.41) is -0.294. The van der Waals surface area contributed by atoms with Crippen LogP contribution in [0.3, 0.4) is 0 Å². The second-order valence-corrected chi connectivity index (χ2v) is 2.65. The summed E-state index contributed by atoms with van der Waals surface area (Å²) in [5.74, 6) is -0.486. The van der Waals surface area contributed by atoms with Gasteiger partial charge in [-0.15, -0.1) is 13.2 Å². The number of halogens is 4. The molecule has 1 rings (SSSR count). The summed E-state index contributed by atoms with van der Waals surface area (Å²) < 4.78 is 38.7. The molecule has 0 saturated heterocycles. The van der Waals surface area contributed by atoms with Crippen LogP contribution in [-0.4, -0.2) is 11.3 Å². The fraction of sp³-hybridized carbons (Fsp3) is 0.444. The smallest absolute Gasteiger partial charge is 0.402 e. The number of hydrogen-bond acceptors (Lipinski definition) is 2. The first-order valence-electron chi connectivity index (χ1n) is 4.27. The van der Waals surface area contributed by atoms with E-state index in [0.717, 1.165) is 6.07 Å². The minimum absolute atomic E-state index is 0.294. The van der Waals surface area contributed by atoms with Crippen LogP contribution in [0.1, 0.15) is 19.5 Å². The van der Waals surface area contributed by atoms with E-state index in [9.17, 15) is 13.2 Å². The molecule has 1 aromatic heterocycles. The lowest BCUT2D eigenvalue weighted by Crippen LogP contribution is -2.17. The number of aryl methyl sites for hydroxylation is 1. The Labute approximate surface area is 91.0 Å². The highest BCUT2D eigenvalue weighted by atomic mass is 35.5. The van der Waals surface area contributed by atoms with E-state index >= 15 is 0 Å². The molecule has 0 amide bonds. The first kappa shape index (κ1) is 14.0. The Hall–Kier alpha value is -0.970. The van der Waals surface area contributed by atoms with Gasteiger partial charge in [0.2, 0.25) is 0 Å². The van der Waals surface area contributed by atoms with E-state index in [4.69, 9.17) is 11.6 Å². The molecule has 0 fully saturated rings. The summed E-state index contributed by atoms with van der Waals surface area (Å²) in [6.45, 7) is 5.61. The minimum Gasteiger partial charge on any atom is -0.402 e. The normalized spacial score (nSPS) is 10.3. The molecule has 0 aliphatic heterocycles. The molecule has 2 nitrogen and oxygen atoms in total. The number of nitrogens with zero attached hydrogens (tertiary/aromatic N) is 1. The molecular formula is C9H11ClF3NO. The maximum atomic E-state index is 11.7. The predicted molar refractivity (Wildman–Crippen MR) is 52.0 cm³/mol. The van der Waals surface area contributed by atoms with Gasteiger partial charge in [-0.1, -0.05) is 25.4 Å². The van der Waals surface area contributed by atoms with Crippen LogP contribution in [0.2, 0.25) is 5.15 Å². The number of hydrogen-bond donors (Lipinski definition) is 0. The molecule has 0 saturated carbocycles. The Kier molecular flexibility index (Phi) is 5.43. The highest BCUT2D eigenvalue weighted by molar-refractivity contribution is 6.30. The van der Waals surface area contributed by atoms with Crippen LogP contribution in [-0.2, 0) is 0 Å². The zero-order valence-corrected chi connectivity index (χ0v) is 9.28. The third-order valence-corrected chi connectivity index (χ3v) is 1.45. The van der Waals surface area contributed by atoms with Crippen molar-refractivity contribution in [2.75, 3.05) is 0 Å². The molecule has 86 valence electrons. The fourth-order valence-corrected chi connectivity index (χ4v) is 0.948. The molecule has 0 bridgehead atoms. The number of aromatic nitrogens is 1. The summed E-state index contributed by atoms with van der Waals surface area (Å²) in [7, 11) is 0. The number of pyridine rings is 1. The molecule has 0 aliphatic carbocycles. The van der Waals surface area contributed by atoms with E-state index in [1.165, 1.54) is 6.07 Å². The Balaban J connectivity index is 0.000000921. The van der Waals surface area contributed by atoms with Gasteiger partial charge in [0, 0.05) is 5.69 Å². The number of rotatable bonds is 1. The van der Waals surface area contributed by atoms with Crippen molar-refractivity contribution in [2.24, 2.45) is 0 Å². The van der Waals surface area contributed by atoms with E-state index in [1.807, 2.05) is 13.8 Å². The van der Waals surface area contributed by atoms with Crippen molar-refractivity contribution in [1.82, 2.24) is 4.98 Å². The van der Waals surface area contributed by atoms with Gasteiger partial charge >= 0.3 is 6.36 Å². The van der Waals surface area contributed by atoms with Crippen LogP contribution in [0.5, 0.6) is 5.75 Å². The molecule has 0 spiro atoms. The third-order valence-electron chi connectivity index (χ3n) is 1.18. The van der Waals surface area contributed by atoms with Gasteiger partial charge in [0.1, 0.15) is 0 Å². The summed E-state index contributed by atoms with van der Waals surface area (Å²) in [5.41, 5.74) is 0.527. The van der Waals surface area contributed by atoms with Gasteiger partial charge in [0.25, 0.3) is 0 Å². The molecule has 0 atom stereocenters. The number of alkyl halides is 3. The van der Waals surface area contributed by atoms with Crippen molar-refractivity contribution in [3.63, 3.8) is 0 Å².